The third kappa shape index (κ3) is 2.84. The van der Waals surface area contributed by atoms with Crippen LogP contribution in [0.3, 0.4) is 0 Å². The number of aryl methyl sites for hydroxylation is 1. The van der Waals surface area contributed by atoms with E-state index in [1.807, 2.05) is 60.0 Å². The predicted molar refractivity (Wildman–Crippen MR) is 84.0 cm³/mol. The molecular formula is C17H15N3O. The molecular weight excluding hydrogens is 262 g/mol. The summed E-state index contributed by atoms with van der Waals surface area (Å²) in [5.41, 5.74) is 3.59. The van der Waals surface area contributed by atoms with Crippen molar-refractivity contribution < 1.29 is 4.79 Å². The standard InChI is InChI=1S/C17H15N3O/c1-13-15(8-9-16-18-11-12-20(13)16)19-17(21)10-7-14-5-3-2-4-6-14/h2-12H,1H3,(H,19,21)/b10-7+. The third-order valence-electron chi connectivity index (χ3n) is 3.30. The van der Waals surface area contributed by atoms with Crippen molar-refractivity contribution in [3.63, 3.8) is 0 Å². The van der Waals surface area contributed by atoms with Crippen molar-refractivity contribution in [2.45, 2.75) is 6.92 Å². The van der Waals surface area contributed by atoms with Gasteiger partial charge in [0.25, 0.3) is 0 Å². The Morgan fingerprint density at radius 1 is 1.19 bits per heavy atom. The van der Waals surface area contributed by atoms with Crippen LogP contribution in [0.4, 0.5) is 5.69 Å². The third-order valence-corrected chi connectivity index (χ3v) is 3.30. The SMILES string of the molecule is Cc1c(NC(=O)/C=C/c2ccccc2)ccc2nccn12. The van der Waals surface area contributed by atoms with Gasteiger partial charge in [-0.2, -0.15) is 0 Å². The fourth-order valence-electron chi connectivity index (χ4n) is 2.17. The first-order chi connectivity index (χ1) is 10.2. The minimum Gasteiger partial charge on any atom is -0.321 e. The maximum atomic E-state index is 12.0. The molecule has 3 aromatic rings. The van der Waals surface area contributed by atoms with E-state index in [0.717, 1.165) is 22.6 Å². The largest absolute Gasteiger partial charge is 0.321 e. The molecule has 21 heavy (non-hydrogen) atoms. The summed E-state index contributed by atoms with van der Waals surface area (Å²) in [6, 6.07) is 13.5. The number of carbonyl (C=O) groups is 1. The number of carbonyl (C=O) groups excluding carboxylic acids is 1. The monoisotopic (exact) mass is 277 g/mol. The molecule has 0 unspecified atom stereocenters. The number of fused-ring (bicyclic) bond motifs is 1. The van der Waals surface area contributed by atoms with E-state index in [1.165, 1.54) is 6.08 Å². The van der Waals surface area contributed by atoms with Gasteiger partial charge in [-0.05, 0) is 30.7 Å². The Morgan fingerprint density at radius 3 is 2.81 bits per heavy atom. The van der Waals surface area contributed by atoms with Crippen molar-refractivity contribution >= 4 is 23.3 Å². The molecule has 0 saturated heterocycles. The quantitative estimate of drug-likeness (QED) is 0.747. The fourth-order valence-corrected chi connectivity index (χ4v) is 2.17. The first kappa shape index (κ1) is 13.1. The number of pyridine rings is 1. The molecule has 0 aliphatic heterocycles. The van der Waals surface area contributed by atoms with E-state index in [9.17, 15) is 4.79 Å². The molecule has 1 N–H and O–H groups in total. The Kier molecular flexibility index (Phi) is 3.51. The average molecular weight is 277 g/mol. The van der Waals surface area contributed by atoms with Crippen molar-refractivity contribution in [3.05, 3.63) is 72.2 Å². The van der Waals surface area contributed by atoms with Gasteiger partial charge in [-0.15, -0.1) is 0 Å². The normalized spacial score (nSPS) is 11.1. The van der Waals surface area contributed by atoms with E-state index in [2.05, 4.69) is 10.3 Å². The van der Waals surface area contributed by atoms with Crippen LogP contribution in [0.5, 0.6) is 0 Å². The number of nitrogens with zero attached hydrogens (tertiary/aromatic N) is 2. The number of rotatable bonds is 3. The van der Waals surface area contributed by atoms with Crippen LogP contribution >= 0.6 is 0 Å². The molecule has 2 heterocycles. The van der Waals surface area contributed by atoms with Gasteiger partial charge in [0.05, 0.1) is 5.69 Å². The van der Waals surface area contributed by atoms with Gasteiger partial charge in [-0.1, -0.05) is 30.3 Å². The molecule has 0 radical (unpaired) electrons. The van der Waals surface area contributed by atoms with Crippen LogP contribution in [0.1, 0.15) is 11.3 Å². The zero-order chi connectivity index (χ0) is 14.7. The van der Waals surface area contributed by atoms with Crippen LogP contribution < -0.4 is 5.32 Å². The molecule has 104 valence electrons. The Labute approximate surface area is 122 Å². The molecule has 0 spiro atoms. The molecule has 0 atom stereocenters. The van der Waals surface area contributed by atoms with Crippen LogP contribution in [-0.4, -0.2) is 15.3 Å². The molecule has 0 bridgehead atoms. The van der Waals surface area contributed by atoms with Gasteiger partial charge >= 0.3 is 0 Å². The zero-order valence-corrected chi connectivity index (χ0v) is 11.7. The van der Waals surface area contributed by atoms with Crippen molar-refractivity contribution in [1.82, 2.24) is 9.38 Å². The Balaban J connectivity index is 1.77. The van der Waals surface area contributed by atoms with Crippen LogP contribution in [0.25, 0.3) is 11.7 Å². The lowest BCUT2D eigenvalue weighted by atomic mass is 10.2. The van der Waals surface area contributed by atoms with Crippen LogP contribution in [0.2, 0.25) is 0 Å². The fraction of sp³-hybridized carbons (Fsp3) is 0.0588. The predicted octanol–water partition coefficient (Wildman–Crippen LogP) is 3.29. The number of anilines is 1. The maximum absolute atomic E-state index is 12.0. The number of nitrogens with one attached hydrogen (secondary N) is 1. The molecule has 0 aliphatic carbocycles. The Bertz CT molecular complexity index is 803. The number of imidazole rings is 1. The van der Waals surface area contributed by atoms with Crippen LogP contribution in [0.15, 0.2) is 60.9 Å². The lowest BCUT2D eigenvalue weighted by Crippen LogP contribution is -2.10. The molecule has 0 aliphatic rings. The smallest absolute Gasteiger partial charge is 0.248 e. The van der Waals surface area contributed by atoms with Crippen molar-refractivity contribution in [1.29, 1.82) is 0 Å². The summed E-state index contributed by atoms with van der Waals surface area (Å²) < 4.78 is 1.94. The number of hydrogen-bond donors (Lipinski definition) is 1. The topological polar surface area (TPSA) is 46.4 Å². The number of hydrogen-bond acceptors (Lipinski definition) is 2. The first-order valence-corrected chi connectivity index (χ1v) is 6.71. The molecule has 4 nitrogen and oxygen atoms in total. The molecule has 1 aromatic carbocycles. The Morgan fingerprint density at radius 2 is 2.00 bits per heavy atom. The average Bonchev–Trinajstić information content (AvgIpc) is 2.98. The van der Waals surface area contributed by atoms with E-state index in [-0.39, 0.29) is 5.91 Å². The molecule has 0 fully saturated rings. The van der Waals surface area contributed by atoms with Gasteiger partial charge in [0.15, 0.2) is 0 Å². The lowest BCUT2D eigenvalue weighted by molar-refractivity contribution is -0.111. The van der Waals surface area contributed by atoms with Gasteiger partial charge in [0.1, 0.15) is 5.65 Å². The van der Waals surface area contributed by atoms with E-state index in [0.29, 0.717) is 0 Å². The summed E-state index contributed by atoms with van der Waals surface area (Å²) in [5, 5.41) is 2.89. The summed E-state index contributed by atoms with van der Waals surface area (Å²) in [6.07, 6.45) is 6.94. The highest BCUT2D eigenvalue weighted by atomic mass is 16.1. The first-order valence-electron chi connectivity index (χ1n) is 6.71. The highest BCUT2D eigenvalue weighted by molar-refractivity contribution is 6.02. The van der Waals surface area contributed by atoms with E-state index < -0.39 is 0 Å². The number of amides is 1. The van der Waals surface area contributed by atoms with Crippen LogP contribution in [0, 0.1) is 6.92 Å². The summed E-state index contributed by atoms with van der Waals surface area (Å²) in [7, 11) is 0. The minimum absolute atomic E-state index is 0.151. The summed E-state index contributed by atoms with van der Waals surface area (Å²) in [4.78, 5) is 16.2. The summed E-state index contributed by atoms with van der Waals surface area (Å²) in [6.45, 7) is 1.95. The van der Waals surface area contributed by atoms with Gasteiger partial charge in [-0.3, -0.25) is 4.79 Å². The molecule has 3 rings (SSSR count). The molecule has 2 aromatic heterocycles. The van der Waals surface area contributed by atoms with Gasteiger partial charge < -0.3 is 9.72 Å². The van der Waals surface area contributed by atoms with Gasteiger partial charge in [0, 0.05) is 24.2 Å². The molecule has 0 saturated carbocycles. The van der Waals surface area contributed by atoms with E-state index >= 15 is 0 Å². The van der Waals surface area contributed by atoms with E-state index in [4.69, 9.17) is 0 Å². The summed E-state index contributed by atoms with van der Waals surface area (Å²) in [5.74, 6) is -0.151. The second-order valence-corrected chi connectivity index (χ2v) is 4.72. The number of aromatic nitrogens is 2. The minimum atomic E-state index is -0.151. The van der Waals surface area contributed by atoms with E-state index in [1.54, 1.807) is 12.3 Å². The second kappa shape index (κ2) is 5.63. The second-order valence-electron chi connectivity index (χ2n) is 4.72. The lowest BCUT2D eigenvalue weighted by Gasteiger charge is -2.08. The highest BCUT2D eigenvalue weighted by Crippen LogP contribution is 2.16. The molecule has 1 amide bonds. The van der Waals surface area contributed by atoms with Crippen molar-refractivity contribution in [2.75, 3.05) is 5.32 Å². The summed E-state index contributed by atoms with van der Waals surface area (Å²) >= 11 is 0. The Hall–Kier alpha value is -2.88. The van der Waals surface area contributed by atoms with Crippen molar-refractivity contribution in [3.8, 4) is 0 Å². The zero-order valence-electron chi connectivity index (χ0n) is 11.7. The van der Waals surface area contributed by atoms with Crippen LogP contribution in [-0.2, 0) is 4.79 Å². The molecule has 4 heteroatoms. The highest BCUT2D eigenvalue weighted by Gasteiger charge is 2.05. The number of benzene rings is 1. The van der Waals surface area contributed by atoms with Gasteiger partial charge in [0.2, 0.25) is 5.91 Å². The van der Waals surface area contributed by atoms with Crippen molar-refractivity contribution in [2.24, 2.45) is 0 Å². The van der Waals surface area contributed by atoms with Gasteiger partial charge in [-0.25, -0.2) is 4.98 Å². The maximum Gasteiger partial charge on any atom is 0.248 e.